The van der Waals surface area contributed by atoms with Gasteiger partial charge in [0.15, 0.2) is 0 Å². The van der Waals surface area contributed by atoms with E-state index in [-0.39, 0.29) is 0 Å². The van der Waals surface area contributed by atoms with Crippen molar-refractivity contribution >= 4 is 0 Å². The summed E-state index contributed by atoms with van der Waals surface area (Å²) < 4.78 is 0. The molecule has 2 fully saturated rings. The van der Waals surface area contributed by atoms with Crippen molar-refractivity contribution < 1.29 is 0 Å². The fraction of sp³-hybridized carbons (Fsp3) is 0.812. The molecule has 2 aliphatic carbocycles. The number of allylic oxidation sites excluding steroid dienone is 2. The summed E-state index contributed by atoms with van der Waals surface area (Å²) in [5, 5.41) is 9.40. The Kier molecular flexibility index (Phi) is 5.11. The molecule has 0 heterocycles. The molecule has 2 nitrogen and oxygen atoms in total. The van der Waals surface area contributed by atoms with Gasteiger partial charge in [0, 0.05) is 12.1 Å². The first-order valence-corrected chi connectivity index (χ1v) is 7.71. The maximum Gasteiger partial charge on any atom is 0.117 e. The minimum atomic E-state index is 0.632. The highest BCUT2D eigenvalue weighted by Crippen LogP contribution is 2.32. The van der Waals surface area contributed by atoms with Gasteiger partial charge in [-0.05, 0) is 32.6 Å². The highest BCUT2D eigenvalue weighted by atomic mass is 15.2. The van der Waals surface area contributed by atoms with E-state index < -0.39 is 0 Å². The zero-order valence-electron chi connectivity index (χ0n) is 11.7. The zero-order valence-corrected chi connectivity index (χ0v) is 11.7. The monoisotopic (exact) mass is 246 g/mol. The molecule has 0 aromatic rings. The summed E-state index contributed by atoms with van der Waals surface area (Å²) >= 11 is 0. The summed E-state index contributed by atoms with van der Waals surface area (Å²) in [6, 6.07) is 3.70. The third kappa shape index (κ3) is 3.07. The molecule has 2 saturated carbocycles. The lowest BCUT2D eigenvalue weighted by atomic mass is 9.88. The molecular weight excluding hydrogens is 220 g/mol. The standard InChI is InChI=1S/C16H26N2/c1-2-14(13-17)18(15-9-5-3-6-10-15)16-11-7-4-8-12-16/h2,15-16H,3-12H2,1H3. The van der Waals surface area contributed by atoms with Gasteiger partial charge in [-0.1, -0.05) is 44.6 Å². The minimum Gasteiger partial charge on any atom is -0.357 e. The van der Waals surface area contributed by atoms with Crippen molar-refractivity contribution in [2.75, 3.05) is 0 Å². The molecule has 0 bridgehead atoms. The molecule has 2 aliphatic rings. The zero-order chi connectivity index (χ0) is 12.8. The largest absolute Gasteiger partial charge is 0.357 e. The van der Waals surface area contributed by atoms with Crippen LogP contribution in [0.5, 0.6) is 0 Å². The summed E-state index contributed by atoms with van der Waals surface area (Å²) in [7, 11) is 0. The lowest BCUT2D eigenvalue weighted by molar-refractivity contribution is 0.124. The predicted octanol–water partition coefficient (Wildman–Crippen LogP) is 4.38. The van der Waals surface area contributed by atoms with Crippen LogP contribution in [-0.4, -0.2) is 17.0 Å². The number of nitriles is 1. The second-order valence-electron chi connectivity index (χ2n) is 5.78. The Morgan fingerprint density at radius 2 is 1.39 bits per heavy atom. The summed E-state index contributed by atoms with van der Waals surface area (Å²) in [4.78, 5) is 2.50. The van der Waals surface area contributed by atoms with Crippen LogP contribution in [0.15, 0.2) is 11.8 Å². The Morgan fingerprint density at radius 3 is 1.72 bits per heavy atom. The van der Waals surface area contributed by atoms with E-state index in [0.717, 1.165) is 5.70 Å². The van der Waals surface area contributed by atoms with E-state index in [2.05, 4.69) is 11.0 Å². The molecular formula is C16H26N2. The third-order valence-corrected chi connectivity index (χ3v) is 4.60. The van der Waals surface area contributed by atoms with E-state index in [9.17, 15) is 5.26 Å². The van der Waals surface area contributed by atoms with E-state index in [1.54, 1.807) is 0 Å². The van der Waals surface area contributed by atoms with Crippen molar-refractivity contribution in [3.05, 3.63) is 11.8 Å². The van der Waals surface area contributed by atoms with E-state index in [1.807, 2.05) is 13.0 Å². The van der Waals surface area contributed by atoms with Gasteiger partial charge in [0.05, 0.1) is 0 Å². The Bertz CT molecular complexity index is 296. The number of hydrogen-bond donors (Lipinski definition) is 0. The SMILES string of the molecule is CC=C(C#N)N(C1CCCCC1)C1CCCCC1. The van der Waals surface area contributed by atoms with Crippen LogP contribution in [0.1, 0.15) is 71.1 Å². The quantitative estimate of drug-likeness (QED) is 0.691. The molecule has 0 radical (unpaired) electrons. The maximum absolute atomic E-state index is 9.40. The lowest BCUT2D eigenvalue weighted by Crippen LogP contribution is -2.44. The van der Waals surface area contributed by atoms with E-state index in [0.29, 0.717) is 12.1 Å². The van der Waals surface area contributed by atoms with Crippen molar-refractivity contribution in [1.82, 2.24) is 4.90 Å². The minimum absolute atomic E-state index is 0.632. The van der Waals surface area contributed by atoms with Gasteiger partial charge in [0.1, 0.15) is 11.8 Å². The number of rotatable bonds is 3. The second kappa shape index (κ2) is 6.83. The third-order valence-electron chi connectivity index (χ3n) is 4.60. The van der Waals surface area contributed by atoms with E-state index in [4.69, 9.17) is 0 Å². The number of hydrogen-bond acceptors (Lipinski definition) is 2. The van der Waals surface area contributed by atoms with Crippen LogP contribution in [0.25, 0.3) is 0 Å². The smallest absolute Gasteiger partial charge is 0.117 e. The van der Waals surface area contributed by atoms with Crippen molar-refractivity contribution in [2.45, 2.75) is 83.2 Å². The molecule has 0 aromatic heterocycles. The van der Waals surface area contributed by atoms with Gasteiger partial charge < -0.3 is 4.90 Å². The Morgan fingerprint density at radius 1 is 0.944 bits per heavy atom. The highest BCUT2D eigenvalue weighted by molar-refractivity contribution is 5.20. The molecule has 0 atom stereocenters. The molecule has 2 heteroatoms. The topological polar surface area (TPSA) is 27.0 Å². The van der Waals surface area contributed by atoms with Gasteiger partial charge in [-0.25, -0.2) is 0 Å². The van der Waals surface area contributed by atoms with Crippen LogP contribution in [0.4, 0.5) is 0 Å². The molecule has 0 aromatic carbocycles. The molecule has 2 rings (SSSR count). The molecule has 0 N–H and O–H groups in total. The summed E-state index contributed by atoms with van der Waals surface area (Å²) in [5.74, 6) is 0. The molecule has 100 valence electrons. The van der Waals surface area contributed by atoms with Gasteiger partial charge in [0.2, 0.25) is 0 Å². The van der Waals surface area contributed by atoms with Gasteiger partial charge in [-0.15, -0.1) is 0 Å². The van der Waals surface area contributed by atoms with Gasteiger partial charge in [-0.2, -0.15) is 5.26 Å². The van der Waals surface area contributed by atoms with Crippen LogP contribution < -0.4 is 0 Å². The van der Waals surface area contributed by atoms with Crippen LogP contribution in [0.3, 0.4) is 0 Å². The molecule has 0 amide bonds. The summed E-state index contributed by atoms with van der Waals surface area (Å²) in [5.41, 5.74) is 0.925. The van der Waals surface area contributed by atoms with Gasteiger partial charge >= 0.3 is 0 Å². The fourth-order valence-corrected chi connectivity index (χ4v) is 3.68. The lowest BCUT2D eigenvalue weighted by Gasteiger charge is -2.42. The summed E-state index contributed by atoms with van der Waals surface area (Å²) in [6.07, 6.45) is 15.3. The van der Waals surface area contributed by atoms with Crippen LogP contribution in [0, 0.1) is 11.3 Å². The Hall–Kier alpha value is -0.970. The first kappa shape index (κ1) is 13.5. The van der Waals surface area contributed by atoms with Crippen molar-refractivity contribution in [3.63, 3.8) is 0 Å². The van der Waals surface area contributed by atoms with Gasteiger partial charge in [-0.3, -0.25) is 0 Å². The van der Waals surface area contributed by atoms with Crippen molar-refractivity contribution in [2.24, 2.45) is 0 Å². The first-order chi connectivity index (χ1) is 8.86. The van der Waals surface area contributed by atoms with Crippen molar-refractivity contribution in [1.29, 1.82) is 5.26 Å². The fourth-order valence-electron chi connectivity index (χ4n) is 3.68. The summed E-state index contributed by atoms with van der Waals surface area (Å²) in [6.45, 7) is 2.01. The molecule has 0 spiro atoms. The number of nitrogens with zero attached hydrogens (tertiary/aromatic N) is 2. The van der Waals surface area contributed by atoms with E-state index in [1.165, 1.54) is 64.2 Å². The first-order valence-electron chi connectivity index (χ1n) is 7.71. The molecule has 0 aliphatic heterocycles. The Labute approximate surface area is 112 Å². The normalized spacial score (nSPS) is 23.7. The van der Waals surface area contributed by atoms with Crippen LogP contribution in [0.2, 0.25) is 0 Å². The predicted molar refractivity (Wildman–Crippen MR) is 75.0 cm³/mol. The Balaban J connectivity index is 2.13. The van der Waals surface area contributed by atoms with Crippen LogP contribution >= 0.6 is 0 Å². The molecule has 0 unspecified atom stereocenters. The van der Waals surface area contributed by atoms with Crippen LogP contribution in [-0.2, 0) is 0 Å². The van der Waals surface area contributed by atoms with E-state index >= 15 is 0 Å². The molecule has 18 heavy (non-hydrogen) atoms. The highest BCUT2D eigenvalue weighted by Gasteiger charge is 2.29. The second-order valence-corrected chi connectivity index (χ2v) is 5.78. The maximum atomic E-state index is 9.40. The van der Waals surface area contributed by atoms with Crippen molar-refractivity contribution in [3.8, 4) is 6.07 Å². The average molecular weight is 246 g/mol. The molecule has 0 saturated heterocycles. The van der Waals surface area contributed by atoms with Gasteiger partial charge in [0.25, 0.3) is 0 Å². The average Bonchev–Trinajstić information content (AvgIpc) is 2.46.